The predicted molar refractivity (Wildman–Crippen MR) is 85.4 cm³/mol. The van der Waals surface area contributed by atoms with Crippen molar-refractivity contribution in [3.8, 4) is 16.9 Å². The standard InChI is InChI=1S/C18H17F2N3/c1-18(2,3)12-4-7-14(8-5-12)23-11-17(21-22-23)15-9-6-13(19)10-16(15)20/h4-11H,1-3H3. The molecule has 0 radical (unpaired) electrons. The van der Waals surface area contributed by atoms with Crippen LogP contribution in [0.4, 0.5) is 8.78 Å². The van der Waals surface area contributed by atoms with Crippen LogP contribution in [0.1, 0.15) is 26.3 Å². The van der Waals surface area contributed by atoms with Crippen LogP contribution in [0.5, 0.6) is 0 Å². The van der Waals surface area contributed by atoms with Crippen LogP contribution in [0.2, 0.25) is 0 Å². The first-order valence-corrected chi connectivity index (χ1v) is 7.33. The van der Waals surface area contributed by atoms with Crippen LogP contribution in [0.15, 0.2) is 48.7 Å². The van der Waals surface area contributed by atoms with Crippen molar-refractivity contribution in [1.29, 1.82) is 0 Å². The Bertz CT molecular complexity index is 830. The summed E-state index contributed by atoms with van der Waals surface area (Å²) in [4.78, 5) is 0. The molecule has 0 saturated heterocycles. The molecule has 3 aromatic rings. The zero-order chi connectivity index (χ0) is 16.6. The van der Waals surface area contributed by atoms with Gasteiger partial charge in [-0.2, -0.15) is 0 Å². The van der Waals surface area contributed by atoms with E-state index in [-0.39, 0.29) is 11.0 Å². The molecule has 0 unspecified atom stereocenters. The Labute approximate surface area is 133 Å². The molecular weight excluding hydrogens is 296 g/mol. The minimum absolute atomic E-state index is 0.0727. The minimum atomic E-state index is -0.653. The molecule has 5 heteroatoms. The molecule has 2 aromatic carbocycles. The molecule has 0 N–H and O–H groups in total. The van der Waals surface area contributed by atoms with Crippen LogP contribution < -0.4 is 0 Å². The van der Waals surface area contributed by atoms with Gasteiger partial charge in [0.25, 0.3) is 0 Å². The van der Waals surface area contributed by atoms with Crippen molar-refractivity contribution in [1.82, 2.24) is 15.0 Å². The van der Waals surface area contributed by atoms with E-state index in [9.17, 15) is 8.78 Å². The lowest BCUT2D eigenvalue weighted by Crippen LogP contribution is -2.10. The maximum atomic E-state index is 13.8. The van der Waals surface area contributed by atoms with E-state index in [1.165, 1.54) is 17.7 Å². The molecule has 0 saturated carbocycles. The van der Waals surface area contributed by atoms with Crippen molar-refractivity contribution >= 4 is 0 Å². The predicted octanol–water partition coefficient (Wildman–Crippen LogP) is 4.51. The fraction of sp³-hybridized carbons (Fsp3) is 0.222. The maximum absolute atomic E-state index is 13.8. The Morgan fingerprint density at radius 2 is 1.65 bits per heavy atom. The highest BCUT2D eigenvalue weighted by Gasteiger charge is 2.14. The fourth-order valence-electron chi connectivity index (χ4n) is 2.32. The second-order valence-electron chi connectivity index (χ2n) is 6.47. The van der Waals surface area contributed by atoms with Crippen LogP contribution in [0.3, 0.4) is 0 Å². The van der Waals surface area contributed by atoms with Gasteiger partial charge in [-0.3, -0.25) is 0 Å². The normalized spacial score (nSPS) is 11.7. The van der Waals surface area contributed by atoms with Gasteiger partial charge in [-0.15, -0.1) is 5.10 Å². The number of halogens is 2. The SMILES string of the molecule is CC(C)(C)c1ccc(-n2cc(-c3ccc(F)cc3F)nn2)cc1. The molecule has 0 spiro atoms. The first-order chi connectivity index (χ1) is 10.8. The van der Waals surface area contributed by atoms with Gasteiger partial charge in [0.1, 0.15) is 17.3 Å². The summed E-state index contributed by atoms with van der Waals surface area (Å²) in [6, 6.07) is 11.4. The smallest absolute Gasteiger partial charge is 0.135 e. The average molecular weight is 313 g/mol. The Kier molecular flexibility index (Phi) is 3.72. The molecule has 3 nitrogen and oxygen atoms in total. The van der Waals surface area contributed by atoms with Crippen LogP contribution in [0.25, 0.3) is 16.9 Å². The Morgan fingerprint density at radius 3 is 2.26 bits per heavy atom. The zero-order valence-corrected chi connectivity index (χ0v) is 13.2. The van der Waals surface area contributed by atoms with Gasteiger partial charge in [-0.05, 0) is 35.2 Å². The van der Waals surface area contributed by atoms with Crippen molar-refractivity contribution in [2.24, 2.45) is 0 Å². The Hall–Kier alpha value is -2.56. The van der Waals surface area contributed by atoms with Gasteiger partial charge in [0, 0.05) is 11.6 Å². The van der Waals surface area contributed by atoms with Crippen LogP contribution in [0, 0.1) is 11.6 Å². The second-order valence-corrected chi connectivity index (χ2v) is 6.47. The van der Waals surface area contributed by atoms with E-state index < -0.39 is 11.6 Å². The lowest BCUT2D eigenvalue weighted by molar-refractivity contribution is 0.585. The van der Waals surface area contributed by atoms with E-state index in [4.69, 9.17) is 0 Å². The third kappa shape index (κ3) is 3.13. The van der Waals surface area contributed by atoms with Crippen molar-refractivity contribution in [3.63, 3.8) is 0 Å². The van der Waals surface area contributed by atoms with Gasteiger partial charge >= 0.3 is 0 Å². The average Bonchev–Trinajstić information content (AvgIpc) is 2.96. The number of rotatable bonds is 2. The van der Waals surface area contributed by atoms with E-state index in [1.54, 1.807) is 10.9 Å². The lowest BCUT2D eigenvalue weighted by atomic mass is 9.87. The number of benzene rings is 2. The summed E-state index contributed by atoms with van der Waals surface area (Å²) >= 11 is 0. The summed E-state index contributed by atoms with van der Waals surface area (Å²) in [6.45, 7) is 6.44. The fourth-order valence-corrected chi connectivity index (χ4v) is 2.32. The quantitative estimate of drug-likeness (QED) is 0.697. The molecule has 118 valence electrons. The number of hydrogen-bond acceptors (Lipinski definition) is 2. The second kappa shape index (κ2) is 5.57. The van der Waals surface area contributed by atoms with Gasteiger partial charge < -0.3 is 0 Å². The van der Waals surface area contributed by atoms with E-state index in [0.29, 0.717) is 5.69 Å². The monoisotopic (exact) mass is 313 g/mol. The van der Waals surface area contributed by atoms with Crippen molar-refractivity contribution in [2.75, 3.05) is 0 Å². The highest BCUT2D eigenvalue weighted by atomic mass is 19.1. The molecule has 0 aliphatic heterocycles. The van der Waals surface area contributed by atoms with E-state index in [2.05, 4.69) is 31.1 Å². The molecule has 0 atom stereocenters. The van der Waals surface area contributed by atoms with Crippen LogP contribution in [-0.4, -0.2) is 15.0 Å². The van der Waals surface area contributed by atoms with Crippen LogP contribution >= 0.6 is 0 Å². The molecule has 0 bridgehead atoms. The number of hydrogen-bond donors (Lipinski definition) is 0. The van der Waals surface area contributed by atoms with Gasteiger partial charge in [0.15, 0.2) is 0 Å². The van der Waals surface area contributed by atoms with Gasteiger partial charge in [0.2, 0.25) is 0 Å². The third-order valence-electron chi connectivity index (χ3n) is 3.70. The van der Waals surface area contributed by atoms with Gasteiger partial charge in [-0.1, -0.05) is 38.1 Å². The highest BCUT2D eigenvalue weighted by Crippen LogP contribution is 2.24. The maximum Gasteiger partial charge on any atom is 0.135 e. The largest absolute Gasteiger partial charge is 0.220 e. The first-order valence-electron chi connectivity index (χ1n) is 7.33. The van der Waals surface area contributed by atoms with E-state index in [1.807, 2.05) is 24.3 Å². The lowest BCUT2D eigenvalue weighted by Gasteiger charge is -2.18. The zero-order valence-electron chi connectivity index (χ0n) is 13.2. The molecule has 3 rings (SSSR count). The summed E-state index contributed by atoms with van der Waals surface area (Å²) in [5, 5.41) is 8.00. The topological polar surface area (TPSA) is 30.7 Å². The third-order valence-corrected chi connectivity index (χ3v) is 3.70. The van der Waals surface area contributed by atoms with Gasteiger partial charge in [-0.25, -0.2) is 13.5 Å². The molecule has 0 amide bonds. The molecule has 1 aromatic heterocycles. The molecule has 0 aliphatic carbocycles. The molecule has 0 fully saturated rings. The summed E-state index contributed by atoms with van der Waals surface area (Å²) < 4.78 is 28.4. The number of nitrogens with zero attached hydrogens (tertiary/aromatic N) is 3. The van der Waals surface area contributed by atoms with Gasteiger partial charge in [0.05, 0.1) is 11.9 Å². The summed E-state index contributed by atoms with van der Waals surface area (Å²) in [5.74, 6) is -1.27. The summed E-state index contributed by atoms with van der Waals surface area (Å²) in [6.07, 6.45) is 1.63. The van der Waals surface area contributed by atoms with Crippen molar-refractivity contribution in [3.05, 3.63) is 65.9 Å². The van der Waals surface area contributed by atoms with Crippen LogP contribution in [-0.2, 0) is 5.41 Å². The molecule has 23 heavy (non-hydrogen) atoms. The summed E-state index contributed by atoms with van der Waals surface area (Å²) in [7, 11) is 0. The van der Waals surface area contributed by atoms with E-state index in [0.717, 1.165) is 11.8 Å². The molecular formula is C18H17F2N3. The first kappa shape index (κ1) is 15.3. The number of aromatic nitrogens is 3. The molecule has 0 aliphatic rings. The Morgan fingerprint density at radius 1 is 0.957 bits per heavy atom. The Balaban J connectivity index is 1.93. The highest BCUT2D eigenvalue weighted by molar-refractivity contribution is 5.59. The minimum Gasteiger partial charge on any atom is -0.220 e. The van der Waals surface area contributed by atoms with Crippen molar-refractivity contribution < 1.29 is 8.78 Å². The van der Waals surface area contributed by atoms with E-state index >= 15 is 0 Å². The van der Waals surface area contributed by atoms with Crippen molar-refractivity contribution in [2.45, 2.75) is 26.2 Å². The summed E-state index contributed by atoms with van der Waals surface area (Å²) in [5.41, 5.74) is 2.71. The molecule has 1 heterocycles.